The van der Waals surface area contributed by atoms with Gasteiger partial charge in [0.15, 0.2) is 0 Å². The third-order valence-corrected chi connectivity index (χ3v) is 2.09. The van der Waals surface area contributed by atoms with Crippen LogP contribution in [-0.2, 0) is 29.0 Å². The van der Waals surface area contributed by atoms with Crippen LogP contribution >= 0.6 is 11.6 Å². The summed E-state index contributed by atoms with van der Waals surface area (Å²) in [7, 11) is 0. The number of carboxylic acid groups (broad SMARTS) is 1. The second kappa shape index (κ2) is 9.90. The maximum absolute atomic E-state index is 11.1. The van der Waals surface area contributed by atoms with Crippen LogP contribution in [0.5, 0.6) is 0 Å². The van der Waals surface area contributed by atoms with E-state index in [0.29, 0.717) is 17.2 Å². The third-order valence-electron chi connectivity index (χ3n) is 1.87. The zero-order valence-electron chi connectivity index (χ0n) is 12.2. The van der Waals surface area contributed by atoms with E-state index in [9.17, 15) is 14.7 Å². The number of esters is 1. The van der Waals surface area contributed by atoms with E-state index in [1.54, 1.807) is 45.9 Å². The Morgan fingerprint density at radius 1 is 1.35 bits per heavy atom. The Kier molecular flexibility index (Phi) is 10.6. The number of rotatable bonds is 2. The van der Waals surface area contributed by atoms with Crippen molar-refractivity contribution in [1.82, 2.24) is 0 Å². The normalized spacial score (nSPS) is 9.65. The van der Waals surface area contributed by atoms with Crippen molar-refractivity contribution in [3.8, 4) is 0 Å². The Hall–Kier alpha value is -0.927. The van der Waals surface area contributed by atoms with Crippen LogP contribution in [0.3, 0.4) is 0 Å². The zero-order chi connectivity index (χ0) is 15.1. The minimum atomic E-state index is -1.01. The molecule has 1 aromatic rings. The van der Waals surface area contributed by atoms with Crippen molar-refractivity contribution >= 4 is 23.5 Å². The Morgan fingerprint density at radius 2 is 1.85 bits per heavy atom. The fourth-order valence-corrected chi connectivity index (χ4v) is 0.943. The van der Waals surface area contributed by atoms with E-state index >= 15 is 0 Å². The van der Waals surface area contributed by atoms with Gasteiger partial charge in [-0.25, -0.2) is 4.79 Å². The van der Waals surface area contributed by atoms with Gasteiger partial charge in [-0.1, -0.05) is 38.4 Å². The average Bonchev–Trinajstić information content (AvgIpc) is 2.29. The molecule has 0 amide bonds. The molecule has 1 aromatic carbocycles. The van der Waals surface area contributed by atoms with E-state index in [1.807, 2.05) is 0 Å². The summed E-state index contributed by atoms with van der Waals surface area (Å²) >= 11 is 5.63. The summed E-state index contributed by atoms with van der Waals surface area (Å²) in [5, 5.41) is 10.3. The SMILES string of the molecule is CC(C)(C)C(=O)[O-].CCOC(=O)c1[c]c(Cl)ccc1.[Zn]. The summed E-state index contributed by atoms with van der Waals surface area (Å²) in [6.45, 7) is 6.91. The minimum absolute atomic E-state index is 0. The van der Waals surface area contributed by atoms with Crippen LogP contribution < -0.4 is 5.11 Å². The molecule has 0 atom stereocenters. The molecule has 0 N–H and O–H groups in total. The molecule has 0 heterocycles. The first kappa shape index (κ1) is 21.4. The Morgan fingerprint density at radius 3 is 2.20 bits per heavy atom. The summed E-state index contributed by atoms with van der Waals surface area (Å²) in [5.74, 6) is -1.40. The summed E-state index contributed by atoms with van der Waals surface area (Å²) in [4.78, 5) is 21.0. The van der Waals surface area contributed by atoms with Crippen molar-refractivity contribution in [2.75, 3.05) is 6.61 Å². The molecule has 0 unspecified atom stereocenters. The quantitative estimate of drug-likeness (QED) is 0.605. The molecular formula is C14H17ClO4Zn-. The van der Waals surface area contributed by atoms with Gasteiger partial charge in [0.1, 0.15) is 0 Å². The number of halogens is 1. The standard InChI is InChI=1S/C9H8ClO2.C5H10O2.Zn/c1-2-12-9(11)7-4-3-5-8(10)6-7;1-5(2,3)4(6)7;/h3-5H,2H2,1H3;1-3H3,(H,6,7);/p-1. The number of ether oxygens (including phenoxy) is 1. The van der Waals surface area contributed by atoms with E-state index in [1.165, 1.54) is 0 Å². The van der Waals surface area contributed by atoms with E-state index < -0.39 is 11.4 Å². The van der Waals surface area contributed by atoms with Crippen molar-refractivity contribution in [3.63, 3.8) is 0 Å². The van der Waals surface area contributed by atoms with Crippen LogP contribution in [-0.4, -0.2) is 18.5 Å². The molecule has 0 saturated carbocycles. The number of aliphatic carboxylic acids is 1. The van der Waals surface area contributed by atoms with Crippen molar-refractivity contribution in [3.05, 3.63) is 34.9 Å². The van der Waals surface area contributed by atoms with Crippen LogP contribution in [0, 0.1) is 11.5 Å². The summed E-state index contributed by atoms with van der Waals surface area (Å²) in [6, 6.07) is 7.64. The minimum Gasteiger partial charge on any atom is -0.550 e. The first-order chi connectivity index (χ1) is 8.68. The largest absolute Gasteiger partial charge is 0.550 e. The van der Waals surface area contributed by atoms with Crippen molar-refractivity contribution in [2.24, 2.45) is 5.41 Å². The number of carbonyl (C=O) groups excluding carboxylic acids is 2. The number of hydrogen-bond donors (Lipinski definition) is 0. The Bertz CT molecular complexity index is 441. The summed E-state index contributed by atoms with van der Waals surface area (Å²) in [6.07, 6.45) is 0. The van der Waals surface area contributed by atoms with Crippen molar-refractivity contribution < 1.29 is 38.9 Å². The predicted octanol–water partition coefficient (Wildman–Crippen LogP) is 2.10. The molecule has 4 nitrogen and oxygen atoms in total. The number of carbonyl (C=O) groups is 2. The smallest absolute Gasteiger partial charge is 0.338 e. The molecule has 0 aliphatic rings. The summed E-state index contributed by atoms with van der Waals surface area (Å²) in [5.41, 5.74) is -0.329. The van der Waals surface area contributed by atoms with E-state index in [4.69, 9.17) is 16.3 Å². The fourth-order valence-electron chi connectivity index (χ4n) is 0.769. The van der Waals surface area contributed by atoms with Gasteiger partial charge in [0.05, 0.1) is 12.2 Å². The Labute approximate surface area is 137 Å². The second-order valence-corrected chi connectivity index (χ2v) is 5.08. The average molecular weight is 350 g/mol. The van der Waals surface area contributed by atoms with Gasteiger partial charge >= 0.3 is 5.97 Å². The molecule has 0 bridgehead atoms. The molecule has 20 heavy (non-hydrogen) atoms. The van der Waals surface area contributed by atoms with Gasteiger partial charge in [0.2, 0.25) is 0 Å². The molecule has 0 spiro atoms. The van der Waals surface area contributed by atoms with Gasteiger partial charge in [-0.15, -0.1) is 0 Å². The molecule has 1 radical (unpaired) electrons. The van der Waals surface area contributed by atoms with Gasteiger partial charge in [-0.2, -0.15) is 0 Å². The van der Waals surface area contributed by atoms with Gasteiger partial charge in [-0.05, 0) is 19.1 Å². The molecule has 0 aliphatic carbocycles. The number of carboxylic acids is 1. The molecule has 6 heteroatoms. The maximum atomic E-state index is 11.1. The number of hydrogen-bond acceptors (Lipinski definition) is 4. The van der Waals surface area contributed by atoms with Crippen LogP contribution in [0.25, 0.3) is 0 Å². The van der Waals surface area contributed by atoms with Crippen LogP contribution in [0.4, 0.5) is 0 Å². The van der Waals surface area contributed by atoms with E-state index in [-0.39, 0.29) is 25.4 Å². The van der Waals surface area contributed by atoms with Gasteiger partial charge in [0.25, 0.3) is 0 Å². The zero-order valence-corrected chi connectivity index (χ0v) is 15.9. The van der Waals surface area contributed by atoms with Gasteiger partial charge < -0.3 is 14.6 Å². The third kappa shape index (κ3) is 9.05. The van der Waals surface area contributed by atoms with E-state index in [2.05, 4.69) is 6.07 Å². The van der Waals surface area contributed by atoms with Gasteiger partial charge in [-0.3, -0.25) is 0 Å². The molecule has 0 aliphatic heterocycles. The van der Waals surface area contributed by atoms with Crippen LogP contribution in [0.2, 0.25) is 5.02 Å². The van der Waals surface area contributed by atoms with Crippen molar-refractivity contribution in [1.29, 1.82) is 0 Å². The van der Waals surface area contributed by atoms with Crippen molar-refractivity contribution in [2.45, 2.75) is 27.7 Å². The predicted molar refractivity (Wildman–Crippen MR) is 70.7 cm³/mol. The number of benzene rings is 1. The topological polar surface area (TPSA) is 66.4 Å². The second-order valence-electron chi connectivity index (χ2n) is 4.67. The molecule has 0 aromatic heterocycles. The van der Waals surface area contributed by atoms with Gasteiger partial charge in [0, 0.05) is 42.0 Å². The van der Waals surface area contributed by atoms with Crippen LogP contribution in [0.1, 0.15) is 38.1 Å². The first-order valence-electron chi connectivity index (χ1n) is 5.75. The monoisotopic (exact) mass is 348 g/mol. The van der Waals surface area contributed by atoms with E-state index in [0.717, 1.165) is 0 Å². The maximum Gasteiger partial charge on any atom is 0.338 e. The summed E-state index contributed by atoms with van der Waals surface area (Å²) < 4.78 is 4.75. The molecule has 0 fully saturated rings. The fraction of sp³-hybridized carbons (Fsp3) is 0.429. The Balaban J connectivity index is 0. The molecule has 107 valence electrons. The first-order valence-corrected chi connectivity index (χ1v) is 6.12. The van der Waals surface area contributed by atoms with Crippen LogP contribution in [0.15, 0.2) is 18.2 Å². The molecular weight excluding hydrogens is 333 g/mol. The molecule has 1 rings (SSSR count). The molecule has 0 saturated heterocycles.